The lowest BCUT2D eigenvalue weighted by atomic mass is 10.1. The molecular weight excluding hydrogens is 372 g/mol. The van der Waals surface area contributed by atoms with E-state index in [9.17, 15) is 4.79 Å². The fourth-order valence-corrected chi connectivity index (χ4v) is 3.57. The van der Waals surface area contributed by atoms with Crippen molar-refractivity contribution in [1.29, 1.82) is 0 Å². The lowest BCUT2D eigenvalue weighted by molar-refractivity contribution is 0.0950. The van der Waals surface area contributed by atoms with Crippen LogP contribution in [0.2, 0.25) is 0 Å². The number of amides is 1. The number of hydrogen-bond acceptors (Lipinski definition) is 3. The highest BCUT2D eigenvalue weighted by molar-refractivity contribution is 6.02. The van der Waals surface area contributed by atoms with Gasteiger partial charge in [-0.05, 0) is 36.6 Å². The Bertz CT molecular complexity index is 1190. The fourth-order valence-electron chi connectivity index (χ4n) is 3.57. The number of hydrazone groups is 1. The van der Waals surface area contributed by atoms with Gasteiger partial charge in [-0.25, -0.2) is 5.43 Å². The molecule has 0 spiro atoms. The lowest BCUT2D eigenvalue weighted by Crippen LogP contribution is -2.19. The average molecular weight is 396 g/mol. The molecule has 2 aromatic carbocycles. The third-order valence-electron chi connectivity index (χ3n) is 5.29. The summed E-state index contributed by atoms with van der Waals surface area (Å²) in [5, 5.41) is 5.32. The highest BCUT2D eigenvalue weighted by Gasteiger charge is 2.13. The topological polar surface area (TPSA) is 59.3 Å². The Kier molecular flexibility index (Phi) is 5.70. The van der Waals surface area contributed by atoms with Gasteiger partial charge in [0.15, 0.2) is 0 Å². The zero-order valence-corrected chi connectivity index (χ0v) is 17.2. The second-order valence-corrected chi connectivity index (χ2v) is 7.19. The summed E-state index contributed by atoms with van der Waals surface area (Å²) in [6.07, 6.45) is 4.33. The molecule has 0 bridgehead atoms. The van der Waals surface area contributed by atoms with Gasteiger partial charge < -0.3 is 4.57 Å². The van der Waals surface area contributed by atoms with Crippen molar-refractivity contribution in [2.24, 2.45) is 5.10 Å². The summed E-state index contributed by atoms with van der Waals surface area (Å²) >= 11 is 0. The quantitative estimate of drug-likeness (QED) is 0.379. The Balaban J connectivity index is 1.59. The Hall–Kier alpha value is -3.73. The van der Waals surface area contributed by atoms with E-state index in [4.69, 9.17) is 0 Å². The summed E-state index contributed by atoms with van der Waals surface area (Å²) in [7, 11) is 0. The van der Waals surface area contributed by atoms with Gasteiger partial charge in [0.1, 0.15) is 5.69 Å². The van der Waals surface area contributed by atoms with Crippen LogP contribution in [0.25, 0.3) is 10.9 Å². The standard InChI is InChI=1S/C25H24N4O/c1-3-19-13-14-23(26-15-19)25(30)28-27-16-22-18(2)29(17-20-9-5-4-6-10-20)24-12-8-7-11-21(22)24/h4-16H,3,17H2,1-2H3,(H,28,30)/b27-16-. The van der Waals surface area contributed by atoms with Crippen molar-refractivity contribution in [2.75, 3.05) is 0 Å². The Morgan fingerprint density at radius 3 is 2.53 bits per heavy atom. The molecule has 4 aromatic rings. The van der Waals surface area contributed by atoms with Crippen LogP contribution in [0.15, 0.2) is 78.0 Å². The largest absolute Gasteiger partial charge is 0.340 e. The van der Waals surface area contributed by atoms with E-state index in [0.29, 0.717) is 5.69 Å². The molecule has 0 aliphatic carbocycles. The highest BCUT2D eigenvalue weighted by atomic mass is 16.2. The summed E-state index contributed by atoms with van der Waals surface area (Å²) in [6, 6.07) is 22.3. The first-order valence-corrected chi connectivity index (χ1v) is 10.1. The SMILES string of the molecule is CCc1ccc(C(=O)N/N=C\c2c(C)n(Cc3ccccc3)c3ccccc23)nc1. The normalized spacial score (nSPS) is 11.3. The molecule has 0 aliphatic rings. The minimum absolute atomic E-state index is 0.320. The van der Waals surface area contributed by atoms with Crippen molar-refractivity contribution in [1.82, 2.24) is 15.0 Å². The van der Waals surface area contributed by atoms with Crippen molar-refractivity contribution < 1.29 is 4.79 Å². The van der Waals surface area contributed by atoms with Crippen LogP contribution in [-0.4, -0.2) is 21.7 Å². The van der Waals surface area contributed by atoms with Gasteiger partial charge in [-0.3, -0.25) is 9.78 Å². The number of nitrogens with zero attached hydrogens (tertiary/aromatic N) is 3. The van der Waals surface area contributed by atoms with E-state index in [0.717, 1.165) is 40.7 Å². The van der Waals surface area contributed by atoms with E-state index in [1.54, 1.807) is 18.5 Å². The van der Waals surface area contributed by atoms with Crippen LogP contribution in [-0.2, 0) is 13.0 Å². The van der Waals surface area contributed by atoms with Gasteiger partial charge in [0.2, 0.25) is 0 Å². The molecule has 1 N–H and O–H groups in total. The maximum atomic E-state index is 12.3. The highest BCUT2D eigenvalue weighted by Crippen LogP contribution is 2.25. The number of aryl methyl sites for hydroxylation is 1. The van der Waals surface area contributed by atoms with Gasteiger partial charge in [-0.1, -0.05) is 61.5 Å². The van der Waals surface area contributed by atoms with Crippen LogP contribution >= 0.6 is 0 Å². The van der Waals surface area contributed by atoms with Crippen LogP contribution in [0.1, 0.15) is 39.8 Å². The van der Waals surface area contributed by atoms with Crippen LogP contribution in [0, 0.1) is 6.92 Å². The number of fused-ring (bicyclic) bond motifs is 1. The van der Waals surface area contributed by atoms with Crippen molar-refractivity contribution >= 4 is 23.0 Å². The van der Waals surface area contributed by atoms with Gasteiger partial charge in [0.05, 0.1) is 6.21 Å². The van der Waals surface area contributed by atoms with E-state index in [1.165, 1.54) is 5.56 Å². The number of rotatable bonds is 6. The van der Waals surface area contributed by atoms with Crippen molar-refractivity contribution in [3.63, 3.8) is 0 Å². The van der Waals surface area contributed by atoms with Crippen molar-refractivity contribution in [2.45, 2.75) is 26.8 Å². The molecule has 0 aliphatic heterocycles. The first-order valence-electron chi connectivity index (χ1n) is 10.1. The minimum Gasteiger partial charge on any atom is -0.340 e. The van der Waals surface area contributed by atoms with Gasteiger partial charge >= 0.3 is 0 Å². The Morgan fingerprint density at radius 1 is 1.03 bits per heavy atom. The molecule has 4 rings (SSSR count). The summed E-state index contributed by atoms with van der Waals surface area (Å²) in [5.41, 5.74) is 8.52. The summed E-state index contributed by atoms with van der Waals surface area (Å²) < 4.78 is 2.28. The maximum absolute atomic E-state index is 12.3. The molecule has 150 valence electrons. The number of para-hydroxylation sites is 1. The van der Waals surface area contributed by atoms with Crippen molar-refractivity contribution in [3.05, 3.63) is 101 Å². The molecule has 0 saturated carbocycles. The fraction of sp³-hybridized carbons (Fsp3) is 0.160. The van der Waals surface area contributed by atoms with Gasteiger partial charge in [0, 0.05) is 34.9 Å². The van der Waals surface area contributed by atoms with Crippen LogP contribution in [0.4, 0.5) is 0 Å². The predicted molar refractivity (Wildman–Crippen MR) is 121 cm³/mol. The van der Waals surface area contributed by atoms with Gasteiger partial charge in [-0.2, -0.15) is 5.10 Å². The van der Waals surface area contributed by atoms with E-state index in [2.05, 4.69) is 70.3 Å². The third-order valence-corrected chi connectivity index (χ3v) is 5.29. The van der Waals surface area contributed by atoms with Crippen LogP contribution in [0.5, 0.6) is 0 Å². The number of aromatic nitrogens is 2. The van der Waals surface area contributed by atoms with Crippen LogP contribution < -0.4 is 5.43 Å². The molecule has 0 radical (unpaired) electrons. The molecule has 5 heteroatoms. The second-order valence-electron chi connectivity index (χ2n) is 7.19. The van der Waals surface area contributed by atoms with Crippen LogP contribution in [0.3, 0.4) is 0 Å². The minimum atomic E-state index is -0.320. The van der Waals surface area contributed by atoms with E-state index in [-0.39, 0.29) is 5.91 Å². The zero-order valence-electron chi connectivity index (χ0n) is 17.2. The van der Waals surface area contributed by atoms with E-state index in [1.807, 2.05) is 24.3 Å². The molecule has 1 amide bonds. The molecule has 2 heterocycles. The molecule has 2 aromatic heterocycles. The number of nitrogens with one attached hydrogen (secondary N) is 1. The number of carbonyl (C=O) groups excluding carboxylic acids is 1. The molecule has 0 unspecified atom stereocenters. The third kappa shape index (κ3) is 4.01. The smallest absolute Gasteiger partial charge is 0.289 e. The first kappa shape index (κ1) is 19.6. The van der Waals surface area contributed by atoms with Crippen molar-refractivity contribution in [3.8, 4) is 0 Å². The zero-order chi connectivity index (χ0) is 20.9. The Labute approximate surface area is 176 Å². The molecule has 0 saturated heterocycles. The molecule has 0 fully saturated rings. The number of hydrogen-bond donors (Lipinski definition) is 1. The maximum Gasteiger partial charge on any atom is 0.289 e. The monoisotopic (exact) mass is 396 g/mol. The first-order chi connectivity index (χ1) is 14.7. The van der Waals surface area contributed by atoms with E-state index >= 15 is 0 Å². The lowest BCUT2D eigenvalue weighted by Gasteiger charge is -2.08. The summed E-state index contributed by atoms with van der Waals surface area (Å²) in [6.45, 7) is 4.91. The second kappa shape index (κ2) is 8.74. The molecule has 5 nitrogen and oxygen atoms in total. The number of benzene rings is 2. The Morgan fingerprint density at radius 2 is 1.80 bits per heavy atom. The summed E-state index contributed by atoms with van der Waals surface area (Å²) in [4.78, 5) is 16.5. The van der Waals surface area contributed by atoms with Gasteiger partial charge in [-0.15, -0.1) is 0 Å². The average Bonchev–Trinajstić information content (AvgIpc) is 3.06. The molecule has 0 atom stereocenters. The number of carbonyl (C=O) groups is 1. The predicted octanol–water partition coefficient (Wildman–Crippen LogP) is 4.72. The molecular formula is C25H24N4O. The molecule has 30 heavy (non-hydrogen) atoms. The summed E-state index contributed by atoms with van der Waals surface area (Å²) in [5.74, 6) is -0.320. The van der Waals surface area contributed by atoms with Gasteiger partial charge in [0.25, 0.3) is 5.91 Å². The number of pyridine rings is 1. The van der Waals surface area contributed by atoms with E-state index < -0.39 is 0 Å².